The molecular formula is C9H7I2O6S-. The first-order valence-electron chi connectivity index (χ1n) is 4.49. The Morgan fingerprint density at radius 2 is 1.83 bits per heavy atom. The predicted octanol–water partition coefficient (Wildman–Crippen LogP) is 1.30. The topological polar surface area (TPSA) is 104 Å². The van der Waals surface area contributed by atoms with Gasteiger partial charge in [0.25, 0.3) is 0 Å². The first-order valence-corrected chi connectivity index (χ1v) is 8.23. The molecule has 1 aromatic carbocycles. The molecule has 0 fully saturated rings. The average Bonchev–Trinajstić information content (AvgIpc) is 2.23. The summed E-state index contributed by atoms with van der Waals surface area (Å²) in [7, 11) is -4.40. The quantitative estimate of drug-likeness (QED) is 0.383. The maximum Gasteiger partial charge on any atom is 0.338 e. The van der Waals surface area contributed by atoms with Crippen LogP contribution in [0.3, 0.4) is 0 Å². The van der Waals surface area contributed by atoms with Gasteiger partial charge in [-0.25, -0.2) is 13.2 Å². The minimum Gasteiger partial charge on any atom is -0.748 e. The highest BCUT2D eigenvalue weighted by atomic mass is 127. The van der Waals surface area contributed by atoms with Crippen LogP contribution in [0.1, 0.15) is 10.4 Å². The number of ether oxygens (including phenoxy) is 1. The summed E-state index contributed by atoms with van der Waals surface area (Å²) < 4.78 is 36.6. The Balaban J connectivity index is 2.74. The maximum atomic E-state index is 11.5. The molecule has 9 heteroatoms. The summed E-state index contributed by atoms with van der Waals surface area (Å²) in [6, 6.07) is 2.82. The van der Waals surface area contributed by atoms with E-state index in [2.05, 4.69) is 4.74 Å². The molecule has 0 aromatic heterocycles. The largest absolute Gasteiger partial charge is 0.748 e. The third-order valence-electron chi connectivity index (χ3n) is 1.82. The minimum absolute atomic E-state index is 0.0647. The fourth-order valence-electron chi connectivity index (χ4n) is 1.00. The van der Waals surface area contributed by atoms with Crippen LogP contribution in [0.15, 0.2) is 12.1 Å². The molecule has 0 heterocycles. The van der Waals surface area contributed by atoms with Crippen LogP contribution >= 0.6 is 45.2 Å². The molecule has 0 aliphatic rings. The SMILES string of the molecule is O=C(OCCS(=O)(=O)[O-])c1cc(I)c(O)c(I)c1. The van der Waals surface area contributed by atoms with E-state index in [-0.39, 0.29) is 11.3 Å². The van der Waals surface area contributed by atoms with E-state index < -0.39 is 28.4 Å². The minimum atomic E-state index is -4.40. The zero-order valence-electron chi connectivity index (χ0n) is 8.72. The van der Waals surface area contributed by atoms with Gasteiger partial charge in [-0.15, -0.1) is 0 Å². The number of hydrogen-bond donors (Lipinski definition) is 1. The highest BCUT2D eigenvalue weighted by Gasteiger charge is 2.13. The van der Waals surface area contributed by atoms with E-state index in [0.717, 1.165) is 0 Å². The number of carbonyl (C=O) groups is 1. The molecule has 1 rings (SSSR count). The standard InChI is InChI=1S/C9H8I2O6S/c10-6-3-5(4-7(11)8(6)12)9(13)17-1-2-18(14,15)16/h3-4,12H,1-2H2,(H,14,15,16)/p-1. The van der Waals surface area contributed by atoms with Crippen LogP contribution in [0.25, 0.3) is 0 Å². The molecule has 0 saturated carbocycles. The molecule has 6 nitrogen and oxygen atoms in total. The molecule has 0 unspecified atom stereocenters. The van der Waals surface area contributed by atoms with Crippen molar-refractivity contribution in [1.82, 2.24) is 0 Å². The van der Waals surface area contributed by atoms with Crippen LogP contribution in [-0.4, -0.2) is 36.4 Å². The summed E-state index contributed by atoms with van der Waals surface area (Å²) in [5.41, 5.74) is 0.185. The van der Waals surface area contributed by atoms with Crippen molar-refractivity contribution in [2.45, 2.75) is 0 Å². The van der Waals surface area contributed by atoms with Crippen LogP contribution in [0.2, 0.25) is 0 Å². The Kier molecular flexibility index (Phi) is 5.61. The van der Waals surface area contributed by atoms with Gasteiger partial charge >= 0.3 is 5.97 Å². The number of carbonyl (C=O) groups excluding carboxylic acids is 1. The lowest BCUT2D eigenvalue weighted by molar-refractivity contribution is 0.0528. The second-order valence-corrected chi connectivity index (χ2v) is 7.03. The molecule has 0 saturated heterocycles. The zero-order chi connectivity index (χ0) is 13.9. The van der Waals surface area contributed by atoms with Gasteiger partial charge in [0.2, 0.25) is 0 Å². The van der Waals surface area contributed by atoms with Crippen LogP contribution in [-0.2, 0) is 14.9 Å². The van der Waals surface area contributed by atoms with Crippen LogP contribution < -0.4 is 0 Å². The number of esters is 1. The van der Waals surface area contributed by atoms with Crippen molar-refractivity contribution >= 4 is 61.3 Å². The molecule has 18 heavy (non-hydrogen) atoms. The van der Waals surface area contributed by atoms with E-state index in [9.17, 15) is 22.9 Å². The number of benzene rings is 1. The Morgan fingerprint density at radius 1 is 1.33 bits per heavy atom. The molecule has 0 aliphatic heterocycles. The lowest BCUT2D eigenvalue weighted by atomic mass is 10.2. The first-order chi connectivity index (χ1) is 8.20. The molecule has 1 N–H and O–H groups in total. The van der Waals surface area contributed by atoms with Gasteiger partial charge in [-0.05, 0) is 57.3 Å². The van der Waals surface area contributed by atoms with Gasteiger partial charge in [0.15, 0.2) is 0 Å². The van der Waals surface area contributed by atoms with Crippen LogP contribution in [0, 0.1) is 7.14 Å². The van der Waals surface area contributed by atoms with E-state index in [1.807, 2.05) is 45.2 Å². The highest BCUT2D eigenvalue weighted by Crippen LogP contribution is 2.27. The first kappa shape index (κ1) is 15.9. The maximum absolute atomic E-state index is 11.5. The average molecular weight is 497 g/mol. The van der Waals surface area contributed by atoms with E-state index >= 15 is 0 Å². The van der Waals surface area contributed by atoms with Crippen molar-refractivity contribution < 1.29 is 27.6 Å². The summed E-state index contributed by atoms with van der Waals surface area (Å²) >= 11 is 3.70. The van der Waals surface area contributed by atoms with Gasteiger partial charge in [0, 0.05) is 0 Å². The fourth-order valence-corrected chi connectivity index (χ4v) is 3.06. The van der Waals surface area contributed by atoms with E-state index in [0.29, 0.717) is 7.14 Å². The Morgan fingerprint density at radius 3 is 2.28 bits per heavy atom. The zero-order valence-corrected chi connectivity index (χ0v) is 13.9. The van der Waals surface area contributed by atoms with Crippen molar-refractivity contribution in [1.29, 1.82) is 0 Å². The van der Waals surface area contributed by atoms with E-state index in [4.69, 9.17) is 0 Å². The molecular weight excluding hydrogens is 490 g/mol. The van der Waals surface area contributed by atoms with Crippen LogP contribution in [0.4, 0.5) is 0 Å². The second-order valence-electron chi connectivity index (χ2n) is 3.19. The van der Waals surface area contributed by atoms with Gasteiger partial charge in [0.1, 0.15) is 12.4 Å². The monoisotopic (exact) mass is 497 g/mol. The molecule has 1 aromatic rings. The van der Waals surface area contributed by atoms with Gasteiger partial charge in [-0.3, -0.25) is 0 Å². The number of rotatable bonds is 4. The van der Waals surface area contributed by atoms with Crippen LogP contribution in [0.5, 0.6) is 5.75 Å². The number of phenolic OH excluding ortho intramolecular Hbond substituents is 1. The van der Waals surface area contributed by atoms with Crippen molar-refractivity contribution in [2.75, 3.05) is 12.4 Å². The highest BCUT2D eigenvalue weighted by molar-refractivity contribution is 14.1. The number of halogens is 2. The van der Waals surface area contributed by atoms with Gasteiger partial charge < -0.3 is 14.4 Å². The Bertz CT molecular complexity index is 545. The Hall–Kier alpha value is -0.140. The van der Waals surface area contributed by atoms with Gasteiger partial charge in [-0.2, -0.15) is 0 Å². The van der Waals surface area contributed by atoms with Crippen molar-refractivity contribution in [3.05, 3.63) is 24.8 Å². The summed E-state index contributed by atoms with van der Waals surface area (Å²) in [6.45, 7) is -0.487. The predicted molar refractivity (Wildman–Crippen MR) is 78.4 cm³/mol. The van der Waals surface area contributed by atoms with Crippen molar-refractivity contribution in [3.8, 4) is 5.75 Å². The smallest absolute Gasteiger partial charge is 0.338 e. The second kappa shape index (κ2) is 6.34. The molecule has 0 bridgehead atoms. The van der Waals surface area contributed by atoms with Crippen molar-refractivity contribution in [2.24, 2.45) is 0 Å². The lowest BCUT2D eigenvalue weighted by Gasteiger charge is -2.09. The molecule has 0 aliphatic carbocycles. The number of hydrogen-bond acceptors (Lipinski definition) is 6. The number of phenols is 1. The lowest BCUT2D eigenvalue weighted by Crippen LogP contribution is -2.15. The molecule has 100 valence electrons. The molecule has 0 spiro atoms. The van der Waals surface area contributed by atoms with E-state index in [1.165, 1.54) is 12.1 Å². The molecule has 0 radical (unpaired) electrons. The van der Waals surface area contributed by atoms with E-state index in [1.54, 1.807) is 0 Å². The summed E-state index contributed by atoms with van der Waals surface area (Å²) in [5.74, 6) is -1.44. The van der Waals surface area contributed by atoms with Gasteiger partial charge in [0.05, 0.1) is 28.6 Å². The normalized spacial score (nSPS) is 11.3. The van der Waals surface area contributed by atoms with Gasteiger partial charge in [-0.1, -0.05) is 0 Å². The summed E-state index contributed by atoms with van der Waals surface area (Å²) in [4.78, 5) is 11.5. The van der Waals surface area contributed by atoms with Crippen molar-refractivity contribution in [3.63, 3.8) is 0 Å². The summed E-state index contributed by atoms with van der Waals surface area (Å²) in [5, 5.41) is 9.51. The molecule has 0 amide bonds. The fraction of sp³-hybridized carbons (Fsp3) is 0.222. The molecule has 0 atom stereocenters. The third kappa shape index (κ3) is 4.85. The summed E-state index contributed by atoms with van der Waals surface area (Å²) in [6.07, 6.45) is 0. The number of aromatic hydroxyl groups is 1. The third-order valence-corrected chi connectivity index (χ3v) is 4.13. The Labute approximate surface area is 131 Å².